The number of fused-ring (bicyclic) bond motifs is 1. The van der Waals surface area contributed by atoms with Gasteiger partial charge in [-0.15, -0.1) is 0 Å². The van der Waals surface area contributed by atoms with Crippen LogP contribution in [0.25, 0.3) is 0 Å². The van der Waals surface area contributed by atoms with Gasteiger partial charge in [0.2, 0.25) is 5.91 Å². The second-order valence-corrected chi connectivity index (χ2v) is 7.33. The molecular formula is C18H19N3O4S. The number of para-hydroxylation sites is 1. The zero-order valence-electron chi connectivity index (χ0n) is 14.2. The van der Waals surface area contributed by atoms with Gasteiger partial charge in [0.1, 0.15) is 18.1 Å². The van der Waals surface area contributed by atoms with Crippen LogP contribution in [0.1, 0.15) is 11.1 Å². The minimum Gasteiger partial charge on any atom is -0.496 e. The van der Waals surface area contributed by atoms with E-state index < -0.39 is 10.0 Å². The Labute approximate surface area is 152 Å². The molecule has 0 aromatic heterocycles. The van der Waals surface area contributed by atoms with Gasteiger partial charge in [-0.3, -0.25) is 14.5 Å². The van der Waals surface area contributed by atoms with Gasteiger partial charge in [0, 0.05) is 12.1 Å². The summed E-state index contributed by atoms with van der Waals surface area (Å²) < 4.78 is 31.6. The number of hydrogen-bond acceptors (Lipinski definition) is 5. The number of carbonyl (C=O) groups excluding carboxylic acids is 1. The normalized spacial score (nSPS) is 16.0. The molecule has 1 heterocycles. The second kappa shape index (κ2) is 7.57. The van der Waals surface area contributed by atoms with E-state index >= 15 is 0 Å². The first-order chi connectivity index (χ1) is 12.5. The Morgan fingerprint density at radius 2 is 1.88 bits per heavy atom. The van der Waals surface area contributed by atoms with Crippen LogP contribution in [0.2, 0.25) is 0 Å². The van der Waals surface area contributed by atoms with Crippen LogP contribution in [0.5, 0.6) is 5.75 Å². The molecule has 0 unspecified atom stereocenters. The standard InChI is InChI=1S/C18H19N3O4S/c1-25-15-8-4-2-6-13(15)10-11-19-17(22)12-20-18-14-7-3-5-9-16(14)26(23,24)21-18/h2-9H,10-12H2,1H3,(H,19,22)(H,20,21). The van der Waals surface area contributed by atoms with Crippen molar-refractivity contribution >= 4 is 21.8 Å². The van der Waals surface area contributed by atoms with Crippen molar-refractivity contribution in [2.24, 2.45) is 4.99 Å². The SMILES string of the molecule is COc1ccccc1CCNC(=O)CN=C1NS(=O)(=O)c2ccccc21. The van der Waals surface area contributed by atoms with Gasteiger partial charge in [0.15, 0.2) is 0 Å². The fourth-order valence-corrected chi connectivity index (χ4v) is 3.96. The average Bonchev–Trinajstić information content (AvgIpc) is 2.91. The second-order valence-electron chi connectivity index (χ2n) is 5.68. The molecule has 1 aliphatic heterocycles. The Hall–Kier alpha value is -2.87. The smallest absolute Gasteiger partial charge is 0.263 e. The summed E-state index contributed by atoms with van der Waals surface area (Å²) in [6, 6.07) is 14.1. The summed E-state index contributed by atoms with van der Waals surface area (Å²) >= 11 is 0. The van der Waals surface area contributed by atoms with Gasteiger partial charge in [0.05, 0.1) is 12.0 Å². The zero-order chi connectivity index (χ0) is 18.6. The Morgan fingerprint density at radius 3 is 2.69 bits per heavy atom. The third-order valence-electron chi connectivity index (χ3n) is 3.95. The molecule has 7 nitrogen and oxygen atoms in total. The molecule has 2 N–H and O–H groups in total. The van der Waals surface area contributed by atoms with Crippen molar-refractivity contribution in [3.63, 3.8) is 0 Å². The highest BCUT2D eigenvalue weighted by molar-refractivity contribution is 7.90. The van der Waals surface area contributed by atoms with Gasteiger partial charge in [-0.25, -0.2) is 8.42 Å². The number of nitrogens with zero attached hydrogens (tertiary/aromatic N) is 1. The van der Waals surface area contributed by atoms with Crippen LogP contribution < -0.4 is 14.8 Å². The van der Waals surface area contributed by atoms with Crippen molar-refractivity contribution in [2.45, 2.75) is 11.3 Å². The van der Waals surface area contributed by atoms with E-state index in [0.717, 1.165) is 11.3 Å². The number of methoxy groups -OCH3 is 1. The van der Waals surface area contributed by atoms with Crippen LogP contribution in [-0.2, 0) is 21.2 Å². The Kier molecular flexibility index (Phi) is 5.22. The van der Waals surface area contributed by atoms with Gasteiger partial charge in [0.25, 0.3) is 10.0 Å². The molecule has 2 aromatic carbocycles. The number of nitrogens with one attached hydrogen (secondary N) is 2. The van der Waals surface area contributed by atoms with Gasteiger partial charge in [-0.1, -0.05) is 30.3 Å². The minimum absolute atomic E-state index is 0.155. The predicted octanol–water partition coefficient (Wildman–Crippen LogP) is 1.09. The monoisotopic (exact) mass is 373 g/mol. The van der Waals surface area contributed by atoms with E-state index in [2.05, 4.69) is 15.0 Å². The number of amides is 1. The maximum atomic E-state index is 12.0. The number of ether oxygens (including phenoxy) is 1. The summed E-state index contributed by atoms with van der Waals surface area (Å²) in [5.41, 5.74) is 1.48. The Bertz CT molecular complexity index is 954. The van der Waals surface area contributed by atoms with Crippen LogP contribution in [0.4, 0.5) is 0 Å². The predicted molar refractivity (Wildman–Crippen MR) is 97.9 cm³/mol. The number of hydrogen-bond donors (Lipinski definition) is 2. The number of amidine groups is 1. The van der Waals surface area contributed by atoms with Crippen LogP contribution in [0, 0.1) is 0 Å². The molecule has 8 heteroatoms. The Morgan fingerprint density at radius 1 is 1.15 bits per heavy atom. The molecule has 26 heavy (non-hydrogen) atoms. The summed E-state index contributed by atoms with van der Waals surface area (Å²) in [6.45, 7) is 0.282. The molecule has 0 bridgehead atoms. The van der Waals surface area contributed by atoms with E-state index in [0.29, 0.717) is 18.5 Å². The summed E-state index contributed by atoms with van der Waals surface area (Å²) in [4.78, 5) is 16.3. The van der Waals surface area contributed by atoms with Crippen LogP contribution in [-0.4, -0.2) is 40.4 Å². The van der Waals surface area contributed by atoms with Gasteiger partial charge in [-0.05, 0) is 30.2 Å². The van der Waals surface area contributed by atoms with Gasteiger partial charge >= 0.3 is 0 Å². The van der Waals surface area contributed by atoms with Crippen LogP contribution >= 0.6 is 0 Å². The average molecular weight is 373 g/mol. The molecule has 1 amide bonds. The summed E-state index contributed by atoms with van der Waals surface area (Å²) in [7, 11) is -1.98. The molecule has 136 valence electrons. The summed E-state index contributed by atoms with van der Waals surface area (Å²) in [5.74, 6) is 0.690. The summed E-state index contributed by atoms with van der Waals surface area (Å²) in [5, 5.41) is 2.77. The van der Waals surface area contributed by atoms with Crippen molar-refractivity contribution in [1.82, 2.24) is 10.0 Å². The first kappa shape index (κ1) is 17.9. The zero-order valence-corrected chi connectivity index (χ0v) is 15.0. The lowest BCUT2D eigenvalue weighted by molar-refractivity contribution is -0.119. The van der Waals surface area contributed by atoms with E-state index in [4.69, 9.17) is 4.74 Å². The third kappa shape index (κ3) is 3.85. The molecule has 2 aromatic rings. The largest absolute Gasteiger partial charge is 0.496 e. The number of benzene rings is 2. The minimum atomic E-state index is -3.59. The fourth-order valence-electron chi connectivity index (χ4n) is 2.70. The highest BCUT2D eigenvalue weighted by atomic mass is 32.2. The molecule has 0 atom stereocenters. The van der Waals surface area contributed by atoms with Crippen LogP contribution in [0.3, 0.4) is 0 Å². The van der Waals surface area contributed by atoms with Crippen LogP contribution in [0.15, 0.2) is 58.4 Å². The van der Waals surface area contributed by atoms with Crippen molar-refractivity contribution in [3.8, 4) is 5.75 Å². The molecule has 0 saturated carbocycles. The van der Waals surface area contributed by atoms with Gasteiger partial charge < -0.3 is 10.1 Å². The van der Waals surface area contributed by atoms with E-state index in [1.54, 1.807) is 25.3 Å². The fraction of sp³-hybridized carbons (Fsp3) is 0.222. The van der Waals surface area contributed by atoms with Crippen molar-refractivity contribution in [1.29, 1.82) is 0 Å². The third-order valence-corrected chi connectivity index (χ3v) is 5.35. The van der Waals surface area contributed by atoms with E-state index in [1.807, 2.05) is 24.3 Å². The van der Waals surface area contributed by atoms with Crippen molar-refractivity contribution in [2.75, 3.05) is 20.2 Å². The first-order valence-electron chi connectivity index (χ1n) is 8.06. The number of aliphatic imine (C=N–C) groups is 1. The molecule has 0 spiro atoms. The van der Waals surface area contributed by atoms with E-state index in [-0.39, 0.29) is 23.2 Å². The number of sulfonamides is 1. The lowest BCUT2D eigenvalue weighted by Crippen LogP contribution is -2.29. The lowest BCUT2D eigenvalue weighted by atomic mass is 10.1. The Balaban J connectivity index is 1.57. The first-order valence-corrected chi connectivity index (χ1v) is 9.55. The van der Waals surface area contributed by atoms with E-state index in [9.17, 15) is 13.2 Å². The molecule has 1 aliphatic rings. The van der Waals surface area contributed by atoms with Crippen molar-refractivity contribution < 1.29 is 17.9 Å². The quantitative estimate of drug-likeness (QED) is 0.792. The number of rotatable bonds is 6. The highest BCUT2D eigenvalue weighted by Crippen LogP contribution is 2.22. The van der Waals surface area contributed by atoms with E-state index in [1.165, 1.54) is 6.07 Å². The molecular weight excluding hydrogens is 354 g/mol. The highest BCUT2D eigenvalue weighted by Gasteiger charge is 2.30. The van der Waals surface area contributed by atoms with Crippen molar-refractivity contribution in [3.05, 3.63) is 59.7 Å². The topological polar surface area (TPSA) is 96.9 Å². The summed E-state index contributed by atoms with van der Waals surface area (Å²) in [6.07, 6.45) is 0.627. The molecule has 3 rings (SSSR count). The molecule has 0 aliphatic carbocycles. The molecule has 0 radical (unpaired) electrons. The molecule has 0 saturated heterocycles. The molecule has 0 fully saturated rings. The maximum Gasteiger partial charge on any atom is 0.263 e. The lowest BCUT2D eigenvalue weighted by Gasteiger charge is -2.08. The maximum absolute atomic E-state index is 12.0. The van der Waals surface area contributed by atoms with Gasteiger partial charge in [-0.2, -0.15) is 0 Å². The number of carbonyl (C=O) groups is 1.